The standard InChI is InChI=1S/C13H24ClN3/c1-9(13(2,3)4)7-11(15-5)12-10(14)8-16-17(12)6/h8-9,11,15H,7H2,1-6H3. The van der Waals surface area contributed by atoms with Crippen molar-refractivity contribution in [2.45, 2.75) is 40.2 Å². The molecule has 0 amide bonds. The molecule has 0 saturated heterocycles. The minimum Gasteiger partial charge on any atom is -0.312 e. The fourth-order valence-corrected chi connectivity index (χ4v) is 2.18. The van der Waals surface area contributed by atoms with Crippen molar-refractivity contribution in [1.29, 1.82) is 0 Å². The van der Waals surface area contributed by atoms with Crippen LogP contribution in [0.15, 0.2) is 6.20 Å². The highest BCUT2D eigenvalue weighted by Gasteiger charge is 2.26. The highest BCUT2D eigenvalue weighted by molar-refractivity contribution is 6.31. The lowest BCUT2D eigenvalue weighted by molar-refractivity contribution is 0.223. The van der Waals surface area contributed by atoms with Gasteiger partial charge in [0, 0.05) is 7.05 Å². The van der Waals surface area contributed by atoms with Crippen LogP contribution in [-0.4, -0.2) is 16.8 Å². The Labute approximate surface area is 110 Å². The lowest BCUT2D eigenvalue weighted by atomic mass is 9.78. The Hall–Kier alpha value is -0.540. The van der Waals surface area contributed by atoms with E-state index in [2.05, 4.69) is 38.1 Å². The number of nitrogens with zero attached hydrogens (tertiary/aromatic N) is 2. The summed E-state index contributed by atoms with van der Waals surface area (Å²) >= 11 is 6.19. The Bertz CT molecular complexity index is 346. The van der Waals surface area contributed by atoms with Crippen LogP contribution in [0, 0.1) is 11.3 Å². The summed E-state index contributed by atoms with van der Waals surface area (Å²) in [4.78, 5) is 0. The Morgan fingerprint density at radius 2 is 2.06 bits per heavy atom. The molecule has 98 valence electrons. The molecule has 1 heterocycles. The maximum atomic E-state index is 6.19. The van der Waals surface area contributed by atoms with Crippen molar-refractivity contribution in [3.63, 3.8) is 0 Å². The van der Waals surface area contributed by atoms with Crippen LogP contribution in [0.5, 0.6) is 0 Å². The maximum absolute atomic E-state index is 6.19. The molecule has 3 nitrogen and oxygen atoms in total. The molecule has 0 spiro atoms. The van der Waals surface area contributed by atoms with Crippen molar-refractivity contribution in [2.24, 2.45) is 18.4 Å². The molecule has 1 rings (SSSR count). The van der Waals surface area contributed by atoms with Gasteiger partial charge in [-0.2, -0.15) is 5.10 Å². The molecular formula is C13H24ClN3. The van der Waals surface area contributed by atoms with E-state index in [0.29, 0.717) is 11.3 Å². The smallest absolute Gasteiger partial charge is 0.0833 e. The van der Waals surface area contributed by atoms with Crippen LogP contribution >= 0.6 is 11.6 Å². The van der Waals surface area contributed by atoms with Crippen LogP contribution in [-0.2, 0) is 7.05 Å². The molecule has 17 heavy (non-hydrogen) atoms. The third-order valence-electron chi connectivity index (χ3n) is 3.68. The van der Waals surface area contributed by atoms with E-state index in [-0.39, 0.29) is 6.04 Å². The monoisotopic (exact) mass is 257 g/mol. The quantitative estimate of drug-likeness (QED) is 0.896. The molecule has 0 aliphatic heterocycles. The number of hydrogen-bond donors (Lipinski definition) is 1. The summed E-state index contributed by atoms with van der Waals surface area (Å²) in [5.41, 5.74) is 1.38. The fourth-order valence-electron chi connectivity index (χ4n) is 1.89. The van der Waals surface area contributed by atoms with Gasteiger partial charge in [-0.3, -0.25) is 4.68 Å². The first-order valence-electron chi connectivity index (χ1n) is 6.12. The molecule has 1 aromatic rings. The Kier molecular flexibility index (Phi) is 4.62. The fraction of sp³-hybridized carbons (Fsp3) is 0.769. The second kappa shape index (κ2) is 5.40. The van der Waals surface area contributed by atoms with Crippen molar-refractivity contribution in [1.82, 2.24) is 15.1 Å². The van der Waals surface area contributed by atoms with Crippen LogP contribution in [0.3, 0.4) is 0 Å². The van der Waals surface area contributed by atoms with Gasteiger partial charge in [0.05, 0.1) is 23.0 Å². The number of halogens is 1. The molecule has 0 aromatic carbocycles. The molecule has 1 aromatic heterocycles. The van der Waals surface area contributed by atoms with Crippen LogP contribution in [0.2, 0.25) is 5.02 Å². The highest BCUT2D eigenvalue weighted by Crippen LogP contribution is 2.34. The van der Waals surface area contributed by atoms with Gasteiger partial charge in [0.15, 0.2) is 0 Å². The van der Waals surface area contributed by atoms with Crippen LogP contribution in [0.4, 0.5) is 0 Å². The molecule has 0 saturated carbocycles. The van der Waals surface area contributed by atoms with Gasteiger partial charge in [-0.25, -0.2) is 0 Å². The summed E-state index contributed by atoms with van der Waals surface area (Å²) in [5, 5.41) is 8.29. The van der Waals surface area contributed by atoms with Gasteiger partial charge in [0.25, 0.3) is 0 Å². The summed E-state index contributed by atoms with van der Waals surface area (Å²) < 4.78 is 1.86. The topological polar surface area (TPSA) is 29.9 Å². The average molecular weight is 258 g/mol. The first-order chi connectivity index (χ1) is 7.77. The van der Waals surface area contributed by atoms with E-state index in [1.165, 1.54) is 0 Å². The number of nitrogens with one attached hydrogen (secondary N) is 1. The number of aryl methyl sites for hydroxylation is 1. The lowest BCUT2D eigenvalue weighted by Gasteiger charge is -2.30. The summed E-state index contributed by atoms with van der Waals surface area (Å²) in [5.74, 6) is 0.603. The van der Waals surface area contributed by atoms with Crippen LogP contribution < -0.4 is 5.32 Å². The number of rotatable bonds is 4. The van der Waals surface area contributed by atoms with Gasteiger partial charge >= 0.3 is 0 Å². The van der Waals surface area contributed by atoms with Crippen molar-refractivity contribution >= 4 is 11.6 Å². The third-order valence-corrected chi connectivity index (χ3v) is 3.98. The van der Waals surface area contributed by atoms with Crippen molar-refractivity contribution in [3.05, 3.63) is 16.9 Å². The van der Waals surface area contributed by atoms with Crippen LogP contribution in [0.25, 0.3) is 0 Å². The van der Waals surface area contributed by atoms with Gasteiger partial charge in [-0.15, -0.1) is 0 Å². The summed E-state index contributed by atoms with van der Waals surface area (Å²) in [6, 6.07) is 0.254. The number of hydrogen-bond acceptors (Lipinski definition) is 2. The highest BCUT2D eigenvalue weighted by atomic mass is 35.5. The first kappa shape index (κ1) is 14.5. The molecule has 2 unspecified atom stereocenters. The molecule has 0 aliphatic carbocycles. The van der Waals surface area contributed by atoms with Crippen molar-refractivity contribution in [3.8, 4) is 0 Å². The summed E-state index contributed by atoms with van der Waals surface area (Å²) in [6.45, 7) is 9.11. The molecule has 2 atom stereocenters. The molecule has 0 aliphatic rings. The first-order valence-corrected chi connectivity index (χ1v) is 6.49. The van der Waals surface area contributed by atoms with Gasteiger partial charge in [0.2, 0.25) is 0 Å². The van der Waals surface area contributed by atoms with E-state index in [9.17, 15) is 0 Å². The van der Waals surface area contributed by atoms with Crippen molar-refractivity contribution in [2.75, 3.05) is 7.05 Å². The molecule has 0 fully saturated rings. The Balaban J connectivity index is 2.87. The zero-order chi connectivity index (χ0) is 13.2. The minimum absolute atomic E-state index is 0.254. The van der Waals surface area contributed by atoms with E-state index in [4.69, 9.17) is 11.6 Å². The SMILES string of the molecule is CNC(CC(C)C(C)(C)C)c1c(Cl)cnn1C. The van der Waals surface area contributed by atoms with Gasteiger partial charge in [-0.1, -0.05) is 39.3 Å². The third kappa shape index (κ3) is 3.46. The largest absolute Gasteiger partial charge is 0.312 e. The van der Waals surface area contributed by atoms with E-state index in [0.717, 1.165) is 17.1 Å². The van der Waals surface area contributed by atoms with Gasteiger partial charge < -0.3 is 5.32 Å². The Morgan fingerprint density at radius 3 is 2.41 bits per heavy atom. The minimum atomic E-state index is 0.254. The van der Waals surface area contributed by atoms with E-state index in [1.807, 2.05) is 18.8 Å². The average Bonchev–Trinajstić information content (AvgIpc) is 2.54. The summed E-state index contributed by atoms with van der Waals surface area (Å²) in [6.07, 6.45) is 2.77. The van der Waals surface area contributed by atoms with Gasteiger partial charge in [-0.05, 0) is 24.8 Å². The zero-order valence-corrected chi connectivity index (χ0v) is 12.5. The lowest BCUT2D eigenvalue weighted by Crippen LogP contribution is -2.27. The molecule has 1 N–H and O–H groups in total. The van der Waals surface area contributed by atoms with E-state index >= 15 is 0 Å². The molecule has 4 heteroatoms. The predicted octanol–water partition coefficient (Wildman–Crippen LogP) is 3.41. The normalized spacial score (nSPS) is 15.9. The predicted molar refractivity (Wildman–Crippen MR) is 73.3 cm³/mol. The second-order valence-corrected chi connectivity index (χ2v) is 6.25. The maximum Gasteiger partial charge on any atom is 0.0833 e. The number of aromatic nitrogens is 2. The van der Waals surface area contributed by atoms with Gasteiger partial charge in [0.1, 0.15) is 0 Å². The second-order valence-electron chi connectivity index (χ2n) is 5.85. The molecule has 0 bridgehead atoms. The molecular weight excluding hydrogens is 234 g/mol. The van der Waals surface area contributed by atoms with Crippen LogP contribution in [0.1, 0.15) is 45.9 Å². The Morgan fingerprint density at radius 1 is 1.47 bits per heavy atom. The molecule has 0 radical (unpaired) electrons. The van der Waals surface area contributed by atoms with E-state index in [1.54, 1.807) is 6.20 Å². The summed E-state index contributed by atoms with van der Waals surface area (Å²) in [7, 11) is 3.91. The van der Waals surface area contributed by atoms with E-state index < -0.39 is 0 Å². The zero-order valence-electron chi connectivity index (χ0n) is 11.7. The van der Waals surface area contributed by atoms with Crippen molar-refractivity contribution < 1.29 is 0 Å².